The molecule has 1 fully saturated rings. The summed E-state index contributed by atoms with van der Waals surface area (Å²) in [6.45, 7) is 3.19. The van der Waals surface area contributed by atoms with E-state index in [4.69, 9.17) is 0 Å². The van der Waals surface area contributed by atoms with Crippen molar-refractivity contribution < 1.29 is 22.8 Å². The largest absolute Gasteiger partial charge is 0.418 e. The molecule has 2 aromatic rings. The van der Waals surface area contributed by atoms with Gasteiger partial charge in [0.1, 0.15) is 0 Å². The molecule has 0 aromatic heterocycles. The number of piperidine rings is 1. The number of alkyl halides is 3. The molecule has 3 rings (SSSR count). The average molecular weight is 433 g/mol. The molecule has 31 heavy (non-hydrogen) atoms. The Balaban J connectivity index is 1.50. The monoisotopic (exact) mass is 433 g/mol. The number of nitrogens with one attached hydrogen (secondary N) is 2. The van der Waals surface area contributed by atoms with E-state index in [0.29, 0.717) is 32.5 Å². The van der Waals surface area contributed by atoms with Gasteiger partial charge in [-0.3, -0.25) is 14.5 Å². The first kappa shape index (κ1) is 22.8. The smallest absolute Gasteiger partial charge is 0.352 e. The Bertz CT molecular complexity index is 894. The zero-order valence-corrected chi connectivity index (χ0v) is 17.3. The normalized spacial score (nSPS) is 16.5. The van der Waals surface area contributed by atoms with Gasteiger partial charge in [0.05, 0.1) is 17.3 Å². The number of hydrogen-bond donors (Lipinski definition) is 2. The summed E-state index contributed by atoms with van der Waals surface area (Å²) in [5.41, 5.74) is -0.0934. The Labute approximate surface area is 179 Å². The molecule has 1 atom stereocenters. The Morgan fingerprint density at radius 1 is 1.03 bits per heavy atom. The number of para-hydroxylation sites is 1. The maximum atomic E-state index is 13.1. The Morgan fingerprint density at radius 2 is 1.65 bits per heavy atom. The van der Waals surface area contributed by atoms with E-state index in [1.54, 1.807) is 6.92 Å². The molecule has 0 bridgehead atoms. The van der Waals surface area contributed by atoms with Crippen molar-refractivity contribution in [1.82, 2.24) is 10.2 Å². The molecule has 1 unspecified atom stereocenters. The predicted molar refractivity (Wildman–Crippen MR) is 112 cm³/mol. The number of amides is 2. The fraction of sp³-hybridized carbons (Fsp3) is 0.391. The summed E-state index contributed by atoms with van der Waals surface area (Å²) in [6.07, 6.45) is -3.35. The first-order valence-electron chi connectivity index (χ1n) is 10.3. The number of hydrogen-bond acceptors (Lipinski definition) is 3. The van der Waals surface area contributed by atoms with Crippen LogP contribution < -0.4 is 10.6 Å². The average Bonchev–Trinajstić information content (AvgIpc) is 2.77. The molecule has 166 valence electrons. The lowest BCUT2D eigenvalue weighted by Gasteiger charge is -2.34. The van der Waals surface area contributed by atoms with Gasteiger partial charge < -0.3 is 10.6 Å². The van der Waals surface area contributed by atoms with Crippen LogP contribution in [0.4, 0.5) is 18.9 Å². The topological polar surface area (TPSA) is 61.4 Å². The van der Waals surface area contributed by atoms with Gasteiger partial charge in [0.25, 0.3) is 0 Å². The number of likely N-dealkylation sites (tertiary alicyclic amines) is 1. The first-order chi connectivity index (χ1) is 14.8. The maximum Gasteiger partial charge on any atom is 0.418 e. The minimum Gasteiger partial charge on any atom is -0.352 e. The van der Waals surface area contributed by atoms with E-state index in [9.17, 15) is 22.8 Å². The van der Waals surface area contributed by atoms with Crippen LogP contribution in [0, 0.1) is 5.92 Å². The van der Waals surface area contributed by atoms with Gasteiger partial charge in [-0.05, 0) is 50.6 Å². The SMILES string of the molecule is CC(C(=O)Nc1ccccc1C(F)(F)F)N1CCC(C(=O)NCc2ccccc2)CC1. The highest BCUT2D eigenvalue weighted by atomic mass is 19.4. The van der Waals surface area contributed by atoms with Crippen molar-refractivity contribution in [2.24, 2.45) is 5.92 Å². The van der Waals surface area contributed by atoms with Crippen molar-refractivity contribution in [2.75, 3.05) is 18.4 Å². The molecule has 0 aliphatic carbocycles. The van der Waals surface area contributed by atoms with Crippen LogP contribution in [0.1, 0.15) is 30.9 Å². The quantitative estimate of drug-likeness (QED) is 0.722. The number of carbonyl (C=O) groups excluding carboxylic acids is 2. The molecule has 1 saturated heterocycles. The van der Waals surface area contributed by atoms with E-state index >= 15 is 0 Å². The first-order valence-corrected chi connectivity index (χ1v) is 10.3. The minimum absolute atomic E-state index is 0.0142. The molecule has 1 aliphatic heterocycles. The summed E-state index contributed by atoms with van der Waals surface area (Å²) in [6, 6.07) is 14.0. The van der Waals surface area contributed by atoms with E-state index < -0.39 is 23.7 Å². The molecular weight excluding hydrogens is 407 g/mol. The summed E-state index contributed by atoms with van der Waals surface area (Å²) in [5, 5.41) is 5.35. The second-order valence-corrected chi connectivity index (χ2v) is 7.72. The van der Waals surface area contributed by atoms with Gasteiger partial charge >= 0.3 is 6.18 Å². The summed E-state index contributed by atoms with van der Waals surface area (Å²) in [4.78, 5) is 26.9. The number of carbonyl (C=O) groups is 2. The molecule has 1 heterocycles. The highest BCUT2D eigenvalue weighted by molar-refractivity contribution is 5.95. The van der Waals surface area contributed by atoms with Gasteiger partial charge in [0.2, 0.25) is 11.8 Å². The van der Waals surface area contributed by atoms with Crippen molar-refractivity contribution in [3.8, 4) is 0 Å². The second-order valence-electron chi connectivity index (χ2n) is 7.72. The molecule has 8 heteroatoms. The molecular formula is C23H26F3N3O2. The molecule has 0 spiro atoms. The van der Waals surface area contributed by atoms with Crippen LogP contribution in [0.15, 0.2) is 54.6 Å². The van der Waals surface area contributed by atoms with E-state index in [2.05, 4.69) is 10.6 Å². The standard InChI is InChI=1S/C23H26F3N3O2/c1-16(21(30)28-20-10-6-5-9-19(20)23(24,25)26)29-13-11-18(12-14-29)22(31)27-15-17-7-3-2-4-8-17/h2-10,16,18H,11-15H2,1H3,(H,27,31)(H,28,30). The zero-order chi connectivity index (χ0) is 22.4. The van der Waals surface area contributed by atoms with E-state index in [1.165, 1.54) is 18.2 Å². The van der Waals surface area contributed by atoms with E-state index in [1.807, 2.05) is 35.2 Å². The summed E-state index contributed by atoms with van der Waals surface area (Å²) < 4.78 is 39.4. The summed E-state index contributed by atoms with van der Waals surface area (Å²) in [7, 11) is 0. The Kier molecular flexibility index (Phi) is 7.33. The third-order valence-corrected chi connectivity index (χ3v) is 5.63. The van der Waals surface area contributed by atoms with Gasteiger partial charge in [0.15, 0.2) is 0 Å². The fourth-order valence-electron chi connectivity index (χ4n) is 3.72. The Morgan fingerprint density at radius 3 is 2.29 bits per heavy atom. The van der Waals surface area contributed by atoms with Gasteiger partial charge in [0, 0.05) is 12.5 Å². The highest BCUT2D eigenvalue weighted by Crippen LogP contribution is 2.34. The van der Waals surface area contributed by atoms with Crippen molar-refractivity contribution in [3.63, 3.8) is 0 Å². The van der Waals surface area contributed by atoms with Crippen LogP contribution >= 0.6 is 0 Å². The number of nitrogens with zero attached hydrogens (tertiary/aromatic N) is 1. The third-order valence-electron chi connectivity index (χ3n) is 5.63. The highest BCUT2D eigenvalue weighted by Gasteiger charge is 2.35. The lowest BCUT2D eigenvalue weighted by Crippen LogP contribution is -2.48. The van der Waals surface area contributed by atoms with Crippen LogP contribution in [0.2, 0.25) is 0 Å². The van der Waals surface area contributed by atoms with Gasteiger partial charge in [-0.1, -0.05) is 42.5 Å². The van der Waals surface area contributed by atoms with Crippen molar-refractivity contribution in [3.05, 3.63) is 65.7 Å². The Hall–Kier alpha value is -2.87. The fourth-order valence-corrected chi connectivity index (χ4v) is 3.72. The van der Waals surface area contributed by atoms with Crippen LogP contribution in [0.3, 0.4) is 0 Å². The van der Waals surface area contributed by atoms with Gasteiger partial charge in [-0.15, -0.1) is 0 Å². The van der Waals surface area contributed by atoms with Crippen molar-refractivity contribution in [2.45, 2.75) is 38.5 Å². The molecule has 2 aromatic carbocycles. The number of rotatable bonds is 6. The van der Waals surface area contributed by atoms with Crippen LogP contribution in [0.5, 0.6) is 0 Å². The molecule has 0 saturated carbocycles. The lowest BCUT2D eigenvalue weighted by molar-refractivity contribution is -0.137. The molecule has 5 nitrogen and oxygen atoms in total. The number of halogens is 3. The minimum atomic E-state index is -4.54. The number of benzene rings is 2. The molecule has 2 amide bonds. The summed E-state index contributed by atoms with van der Waals surface area (Å²) in [5.74, 6) is -0.649. The van der Waals surface area contributed by atoms with Crippen molar-refractivity contribution >= 4 is 17.5 Å². The van der Waals surface area contributed by atoms with Crippen LogP contribution in [-0.2, 0) is 22.3 Å². The molecule has 1 aliphatic rings. The van der Waals surface area contributed by atoms with E-state index in [-0.39, 0.29) is 17.5 Å². The summed E-state index contributed by atoms with van der Waals surface area (Å²) >= 11 is 0. The third kappa shape index (κ3) is 6.07. The lowest BCUT2D eigenvalue weighted by atomic mass is 9.94. The predicted octanol–water partition coefficient (Wildman–Crippen LogP) is 4.06. The molecule has 0 radical (unpaired) electrons. The number of anilines is 1. The zero-order valence-electron chi connectivity index (χ0n) is 17.3. The maximum absolute atomic E-state index is 13.1. The van der Waals surface area contributed by atoms with Gasteiger partial charge in [-0.2, -0.15) is 13.2 Å². The van der Waals surface area contributed by atoms with Gasteiger partial charge in [-0.25, -0.2) is 0 Å². The van der Waals surface area contributed by atoms with Crippen LogP contribution in [-0.4, -0.2) is 35.8 Å². The second kappa shape index (κ2) is 9.96. The van der Waals surface area contributed by atoms with Crippen LogP contribution in [0.25, 0.3) is 0 Å². The van der Waals surface area contributed by atoms with E-state index in [0.717, 1.165) is 11.6 Å². The molecule has 2 N–H and O–H groups in total. The van der Waals surface area contributed by atoms with Crippen molar-refractivity contribution in [1.29, 1.82) is 0 Å².